The molecule has 36 heavy (non-hydrogen) atoms. The molecule has 7 heteroatoms. The van der Waals surface area contributed by atoms with Crippen LogP contribution in [0.15, 0.2) is 78.9 Å². The fourth-order valence-electron chi connectivity index (χ4n) is 5.05. The summed E-state index contributed by atoms with van der Waals surface area (Å²) < 4.78 is 0. The van der Waals surface area contributed by atoms with Crippen molar-refractivity contribution in [3.63, 3.8) is 0 Å². The third-order valence-corrected chi connectivity index (χ3v) is 8.37. The molecule has 6 nitrogen and oxygen atoms in total. The van der Waals surface area contributed by atoms with E-state index in [1.54, 1.807) is 36.0 Å². The van der Waals surface area contributed by atoms with Gasteiger partial charge in [-0.1, -0.05) is 66.7 Å². The number of amides is 2. The van der Waals surface area contributed by atoms with E-state index in [2.05, 4.69) is 36.4 Å². The molecular formula is C29H27NO5S. The van der Waals surface area contributed by atoms with Crippen molar-refractivity contribution in [2.75, 3.05) is 12.4 Å². The summed E-state index contributed by atoms with van der Waals surface area (Å²) in [4.78, 5) is 42.8. The van der Waals surface area contributed by atoms with Gasteiger partial charge in [0.1, 0.15) is 0 Å². The Bertz CT molecular complexity index is 1230. The van der Waals surface area contributed by atoms with E-state index in [1.165, 1.54) is 16.7 Å². The fraction of sp³-hybridized carbons (Fsp3) is 0.276. The van der Waals surface area contributed by atoms with Crippen molar-refractivity contribution in [1.82, 2.24) is 5.06 Å². The quantitative estimate of drug-likeness (QED) is 0.399. The molecule has 3 atom stereocenters. The number of carboxylic acids is 1. The van der Waals surface area contributed by atoms with E-state index in [9.17, 15) is 19.5 Å². The number of nitrogens with zero attached hydrogens (tertiary/aromatic N) is 1. The van der Waals surface area contributed by atoms with Crippen LogP contribution in [0.4, 0.5) is 0 Å². The molecule has 0 saturated heterocycles. The molecule has 1 aliphatic carbocycles. The second kappa shape index (κ2) is 10.7. The molecular weight excluding hydrogens is 474 g/mol. The number of hydrogen-bond acceptors (Lipinski definition) is 5. The third-order valence-electron chi connectivity index (χ3n) is 6.97. The Morgan fingerprint density at radius 1 is 0.861 bits per heavy atom. The van der Waals surface area contributed by atoms with Crippen molar-refractivity contribution in [2.45, 2.75) is 24.5 Å². The van der Waals surface area contributed by atoms with E-state index < -0.39 is 23.7 Å². The van der Waals surface area contributed by atoms with E-state index in [4.69, 9.17) is 4.84 Å². The smallest absolute Gasteiger partial charge is 0.307 e. The van der Waals surface area contributed by atoms with Crippen molar-refractivity contribution in [2.24, 2.45) is 11.8 Å². The van der Waals surface area contributed by atoms with E-state index in [0.29, 0.717) is 17.5 Å². The molecule has 3 aromatic carbocycles. The highest BCUT2D eigenvalue weighted by molar-refractivity contribution is 7.99. The highest BCUT2D eigenvalue weighted by atomic mass is 32.2. The molecule has 0 unspecified atom stereocenters. The summed E-state index contributed by atoms with van der Waals surface area (Å²) in [6.07, 6.45) is 2.31. The van der Waals surface area contributed by atoms with Gasteiger partial charge in [-0.05, 0) is 59.8 Å². The van der Waals surface area contributed by atoms with Crippen molar-refractivity contribution in [1.29, 1.82) is 0 Å². The van der Waals surface area contributed by atoms with Gasteiger partial charge >= 0.3 is 5.97 Å². The number of fused-ring (bicyclic) bond motifs is 1. The first-order valence-corrected chi connectivity index (χ1v) is 13.2. The number of aryl methyl sites for hydroxylation is 1. The molecule has 1 heterocycles. The number of carbonyl (C=O) groups excluding carboxylic acids is 2. The van der Waals surface area contributed by atoms with Gasteiger partial charge in [-0.3, -0.25) is 19.2 Å². The van der Waals surface area contributed by atoms with E-state index >= 15 is 0 Å². The predicted octanol–water partition coefficient (Wildman–Crippen LogP) is 5.34. The predicted molar refractivity (Wildman–Crippen MR) is 139 cm³/mol. The monoisotopic (exact) mass is 501 g/mol. The molecule has 3 aromatic rings. The number of hydroxylamine groups is 2. The van der Waals surface area contributed by atoms with Crippen LogP contribution in [0, 0.1) is 11.8 Å². The average molecular weight is 502 g/mol. The highest BCUT2D eigenvalue weighted by Gasteiger charge is 2.43. The van der Waals surface area contributed by atoms with Crippen LogP contribution >= 0.6 is 11.8 Å². The summed E-state index contributed by atoms with van der Waals surface area (Å²) in [5, 5.41) is 10.7. The molecule has 0 spiro atoms. The topological polar surface area (TPSA) is 83.9 Å². The van der Waals surface area contributed by atoms with Gasteiger partial charge in [-0.15, -0.1) is 5.06 Å². The van der Waals surface area contributed by atoms with Gasteiger partial charge in [-0.25, -0.2) is 0 Å². The molecule has 184 valence electrons. The maximum Gasteiger partial charge on any atom is 0.307 e. The summed E-state index contributed by atoms with van der Waals surface area (Å²) in [5.74, 6) is -1.85. The first-order chi connectivity index (χ1) is 17.5. The second-order valence-electron chi connectivity index (χ2n) is 9.17. The van der Waals surface area contributed by atoms with Crippen molar-refractivity contribution >= 4 is 29.5 Å². The van der Waals surface area contributed by atoms with Crippen molar-refractivity contribution in [3.8, 4) is 11.1 Å². The zero-order chi connectivity index (χ0) is 25.1. The molecule has 0 aromatic heterocycles. The molecule has 2 amide bonds. The molecule has 2 aliphatic rings. The molecule has 5 rings (SSSR count). The minimum atomic E-state index is -0.854. The number of rotatable bonds is 9. The lowest BCUT2D eigenvalue weighted by molar-refractivity contribution is -0.146. The van der Waals surface area contributed by atoms with E-state index in [1.807, 2.05) is 18.2 Å². The first-order valence-electron chi connectivity index (χ1n) is 12.1. The van der Waals surface area contributed by atoms with Crippen molar-refractivity contribution < 1.29 is 24.3 Å². The van der Waals surface area contributed by atoms with Gasteiger partial charge in [0, 0.05) is 5.25 Å². The van der Waals surface area contributed by atoms with Crippen LogP contribution in [0.5, 0.6) is 0 Å². The number of carbonyl (C=O) groups is 3. The first kappa shape index (κ1) is 24.3. The second-order valence-corrected chi connectivity index (χ2v) is 10.5. The zero-order valence-corrected chi connectivity index (χ0v) is 20.5. The lowest BCUT2D eigenvalue weighted by atomic mass is 9.97. The number of benzene rings is 3. The van der Waals surface area contributed by atoms with Crippen LogP contribution < -0.4 is 0 Å². The molecule has 1 fully saturated rings. The number of thioether (sulfide) groups is 1. The van der Waals surface area contributed by atoms with Gasteiger partial charge in [0.05, 0.1) is 23.7 Å². The summed E-state index contributed by atoms with van der Waals surface area (Å²) >= 11 is 1.68. The molecule has 1 N–H and O–H groups in total. The van der Waals surface area contributed by atoms with Gasteiger partial charge in [-0.2, -0.15) is 11.8 Å². The fourth-order valence-corrected chi connectivity index (χ4v) is 6.56. The molecule has 1 saturated carbocycles. The van der Waals surface area contributed by atoms with Crippen LogP contribution in [-0.2, 0) is 16.1 Å². The average Bonchev–Trinajstić information content (AvgIpc) is 3.42. The Morgan fingerprint density at radius 3 is 2.11 bits per heavy atom. The van der Waals surface area contributed by atoms with Gasteiger partial charge < -0.3 is 5.11 Å². The van der Waals surface area contributed by atoms with Crippen LogP contribution in [0.1, 0.15) is 39.1 Å². The summed E-state index contributed by atoms with van der Waals surface area (Å²) in [6, 6.07) is 25.3. The number of aliphatic carboxylic acids is 1. The highest BCUT2D eigenvalue weighted by Crippen LogP contribution is 2.40. The summed E-state index contributed by atoms with van der Waals surface area (Å²) in [6.45, 7) is 0.0282. The van der Waals surface area contributed by atoms with Crippen molar-refractivity contribution in [3.05, 3.63) is 95.6 Å². The van der Waals surface area contributed by atoms with Crippen LogP contribution in [0.2, 0.25) is 0 Å². The minimum Gasteiger partial charge on any atom is -0.481 e. The summed E-state index contributed by atoms with van der Waals surface area (Å²) in [7, 11) is 0. The molecule has 0 radical (unpaired) electrons. The lowest BCUT2D eigenvalue weighted by Crippen LogP contribution is -2.35. The third kappa shape index (κ3) is 4.94. The molecule has 0 bridgehead atoms. The van der Waals surface area contributed by atoms with Crippen LogP contribution in [0.3, 0.4) is 0 Å². The Kier molecular flexibility index (Phi) is 7.20. The Morgan fingerprint density at radius 2 is 1.47 bits per heavy atom. The maximum absolute atomic E-state index is 12.5. The summed E-state index contributed by atoms with van der Waals surface area (Å²) in [5.41, 5.74) is 4.21. The normalized spacial score (nSPS) is 21.1. The lowest BCUT2D eigenvalue weighted by Gasteiger charge is -2.22. The number of carboxylic acid groups (broad SMARTS) is 1. The van der Waals surface area contributed by atoms with Gasteiger partial charge in [0.15, 0.2) is 0 Å². The largest absolute Gasteiger partial charge is 0.481 e. The van der Waals surface area contributed by atoms with Crippen LogP contribution in [-0.4, -0.2) is 45.6 Å². The maximum atomic E-state index is 12.5. The van der Waals surface area contributed by atoms with Gasteiger partial charge in [0.25, 0.3) is 11.8 Å². The zero-order valence-electron chi connectivity index (χ0n) is 19.7. The Labute approximate surface area is 214 Å². The van der Waals surface area contributed by atoms with E-state index in [-0.39, 0.29) is 17.8 Å². The number of imide groups is 1. The van der Waals surface area contributed by atoms with Crippen LogP contribution in [0.25, 0.3) is 11.1 Å². The van der Waals surface area contributed by atoms with Gasteiger partial charge in [0.2, 0.25) is 0 Å². The SMILES string of the molecule is O=C(O)[C@@H]1[C@@H](CON2C(=O)c3ccccc3C2=O)CC[C@H]1SCCc1ccc(-c2ccccc2)cc1. The molecule has 1 aliphatic heterocycles. The number of hydrogen-bond donors (Lipinski definition) is 1. The van der Waals surface area contributed by atoms with E-state index in [0.717, 1.165) is 23.7 Å². The Balaban J connectivity index is 1.14. The standard InChI is InChI=1S/C29H27NO5S/c31-27-23-8-4-5-9-24(23)28(32)30(27)35-18-22-14-15-25(26(22)29(33)34)36-17-16-19-10-12-21(13-11-19)20-6-2-1-3-7-20/h1-13,22,25-26H,14-18H2,(H,33,34)/t22-,25-,26-/m1/s1. The Hall–Kier alpha value is -3.42. The minimum absolute atomic E-state index is 0.0260.